The SMILES string of the molecule is CN=C(NCCNC(=O)CC1CCCC1)N1CCC(OCC2CCCCO2)CC1.I. The van der Waals surface area contributed by atoms with E-state index >= 15 is 0 Å². The summed E-state index contributed by atoms with van der Waals surface area (Å²) in [7, 11) is 1.82. The molecule has 1 atom stereocenters. The highest BCUT2D eigenvalue weighted by Crippen LogP contribution is 2.27. The number of carbonyl (C=O) groups is 1. The summed E-state index contributed by atoms with van der Waals surface area (Å²) in [6, 6.07) is 0. The molecule has 0 aromatic carbocycles. The molecule has 0 spiro atoms. The molecule has 2 heterocycles. The van der Waals surface area contributed by atoms with Crippen molar-refractivity contribution >= 4 is 35.8 Å². The largest absolute Gasteiger partial charge is 0.376 e. The Hall–Kier alpha value is -0.610. The third-order valence-electron chi connectivity index (χ3n) is 6.42. The van der Waals surface area contributed by atoms with Crippen molar-refractivity contribution in [3.05, 3.63) is 0 Å². The van der Waals surface area contributed by atoms with E-state index in [9.17, 15) is 4.79 Å². The van der Waals surface area contributed by atoms with Crippen molar-refractivity contribution in [3.8, 4) is 0 Å². The lowest BCUT2D eigenvalue weighted by Gasteiger charge is -2.35. The monoisotopic (exact) mass is 536 g/mol. The number of hydrogen-bond donors (Lipinski definition) is 2. The Morgan fingerprint density at radius 1 is 1.03 bits per heavy atom. The van der Waals surface area contributed by atoms with E-state index in [1.807, 2.05) is 7.05 Å². The summed E-state index contributed by atoms with van der Waals surface area (Å²) < 4.78 is 11.9. The van der Waals surface area contributed by atoms with Crippen molar-refractivity contribution in [2.75, 3.05) is 46.4 Å². The maximum Gasteiger partial charge on any atom is 0.220 e. The molecule has 1 unspecified atom stereocenters. The van der Waals surface area contributed by atoms with Crippen LogP contribution in [0.2, 0.25) is 0 Å². The van der Waals surface area contributed by atoms with Gasteiger partial charge in [0.25, 0.3) is 0 Å². The van der Waals surface area contributed by atoms with Crippen LogP contribution in [0.1, 0.15) is 64.2 Å². The van der Waals surface area contributed by atoms with Crippen LogP contribution in [0.15, 0.2) is 4.99 Å². The Morgan fingerprint density at radius 3 is 2.40 bits per heavy atom. The van der Waals surface area contributed by atoms with Gasteiger partial charge in [0.2, 0.25) is 5.91 Å². The van der Waals surface area contributed by atoms with E-state index in [1.54, 1.807) is 0 Å². The molecule has 3 aliphatic rings. The molecule has 1 saturated carbocycles. The highest BCUT2D eigenvalue weighted by molar-refractivity contribution is 14.0. The molecule has 2 aliphatic heterocycles. The fraction of sp³-hybridized carbons (Fsp3) is 0.909. The second-order valence-electron chi connectivity index (χ2n) is 8.69. The number of hydrogen-bond acceptors (Lipinski definition) is 4. The van der Waals surface area contributed by atoms with Crippen LogP contribution in [-0.4, -0.2) is 75.4 Å². The molecule has 7 nitrogen and oxygen atoms in total. The molecule has 174 valence electrons. The lowest BCUT2D eigenvalue weighted by molar-refractivity contribution is -0.121. The molecule has 1 aliphatic carbocycles. The van der Waals surface area contributed by atoms with Gasteiger partial charge in [0.1, 0.15) is 0 Å². The van der Waals surface area contributed by atoms with Crippen molar-refractivity contribution in [2.24, 2.45) is 10.9 Å². The molecule has 30 heavy (non-hydrogen) atoms. The second-order valence-corrected chi connectivity index (χ2v) is 8.69. The van der Waals surface area contributed by atoms with Crippen LogP contribution in [0.5, 0.6) is 0 Å². The molecular formula is C22H41IN4O3. The minimum atomic E-state index is 0. The van der Waals surface area contributed by atoms with Gasteiger partial charge in [-0.2, -0.15) is 0 Å². The van der Waals surface area contributed by atoms with Crippen LogP contribution >= 0.6 is 24.0 Å². The Kier molecular flexibility index (Phi) is 12.4. The zero-order chi connectivity index (χ0) is 20.3. The summed E-state index contributed by atoms with van der Waals surface area (Å²) in [5.74, 6) is 1.71. The Labute approximate surface area is 199 Å². The second kappa shape index (κ2) is 14.5. The lowest BCUT2D eigenvalue weighted by Crippen LogP contribution is -2.48. The van der Waals surface area contributed by atoms with Crippen molar-refractivity contribution in [2.45, 2.75) is 76.4 Å². The number of ether oxygens (including phenoxy) is 2. The molecule has 0 aromatic heterocycles. The van der Waals surface area contributed by atoms with E-state index in [0.29, 0.717) is 37.6 Å². The first-order chi connectivity index (χ1) is 14.2. The number of rotatable bonds is 8. The fourth-order valence-electron chi connectivity index (χ4n) is 4.67. The predicted molar refractivity (Wildman–Crippen MR) is 130 cm³/mol. The summed E-state index contributed by atoms with van der Waals surface area (Å²) >= 11 is 0. The van der Waals surface area contributed by atoms with Gasteiger partial charge in [-0.15, -0.1) is 24.0 Å². The third kappa shape index (κ3) is 8.86. The lowest BCUT2D eigenvalue weighted by atomic mass is 10.0. The topological polar surface area (TPSA) is 75.2 Å². The van der Waals surface area contributed by atoms with Gasteiger partial charge in [-0.05, 0) is 50.9 Å². The van der Waals surface area contributed by atoms with E-state index in [2.05, 4.69) is 20.5 Å². The average molecular weight is 536 g/mol. The molecule has 3 rings (SSSR count). The van der Waals surface area contributed by atoms with Gasteiger partial charge in [-0.1, -0.05) is 12.8 Å². The number of guanidine groups is 1. The van der Waals surface area contributed by atoms with Crippen molar-refractivity contribution in [1.82, 2.24) is 15.5 Å². The van der Waals surface area contributed by atoms with Crippen LogP contribution in [0, 0.1) is 5.92 Å². The number of amides is 1. The van der Waals surface area contributed by atoms with Crippen LogP contribution in [-0.2, 0) is 14.3 Å². The number of nitrogens with one attached hydrogen (secondary N) is 2. The summed E-state index contributed by atoms with van der Waals surface area (Å²) in [5, 5.41) is 6.43. The summed E-state index contributed by atoms with van der Waals surface area (Å²) in [6.45, 7) is 4.87. The highest BCUT2D eigenvalue weighted by Gasteiger charge is 2.24. The van der Waals surface area contributed by atoms with E-state index < -0.39 is 0 Å². The molecule has 1 amide bonds. The number of carbonyl (C=O) groups excluding carboxylic acids is 1. The maximum atomic E-state index is 12.0. The summed E-state index contributed by atoms with van der Waals surface area (Å²) in [5.41, 5.74) is 0. The van der Waals surface area contributed by atoms with Gasteiger partial charge in [0, 0.05) is 46.3 Å². The van der Waals surface area contributed by atoms with Crippen LogP contribution in [0.3, 0.4) is 0 Å². The smallest absolute Gasteiger partial charge is 0.220 e. The summed E-state index contributed by atoms with van der Waals surface area (Å²) in [6.07, 6.45) is 11.9. The van der Waals surface area contributed by atoms with Gasteiger partial charge in [0.05, 0.1) is 18.8 Å². The number of halogens is 1. The van der Waals surface area contributed by atoms with Gasteiger partial charge in [-0.25, -0.2) is 0 Å². The van der Waals surface area contributed by atoms with E-state index in [-0.39, 0.29) is 29.9 Å². The molecule has 0 bridgehead atoms. The molecule has 0 aromatic rings. The first kappa shape index (κ1) is 25.6. The van der Waals surface area contributed by atoms with E-state index in [4.69, 9.17) is 9.47 Å². The average Bonchev–Trinajstić information content (AvgIpc) is 3.26. The number of likely N-dealkylation sites (tertiary alicyclic amines) is 1. The predicted octanol–water partition coefficient (Wildman–Crippen LogP) is 2.93. The van der Waals surface area contributed by atoms with Crippen molar-refractivity contribution in [1.29, 1.82) is 0 Å². The zero-order valence-electron chi connectivity index (χ0n) is 18.6. The standard InChI is InChI=1S/C22H40N4O3.HI/c1-23-22(25-12-11-24-21(27)16-18-6-2-3-7-18)26-13-9-19(10-14-26)29-17-20-8-4-5-15-28-20;/h18-20H,2-17H2,1H3,(H,23,25)(H,24,27);1H. The first-order valence-corrected chi connectivity index (χ1v) is 11.7. The molecule has 2 N–H and O–H groups in total. The minimum Gasteiger partial charge on any atom is -0.376 e. The van der Waals surface area contributed by atoms with Crippen LogP contribution in [0.4, 0.5) is 0 Å². The minimum absolute atomic E-state index is 0. The van der Waals surface area contributed by atoms with E-state index in [0.717, 1.165) is 51.5 Å². The highest BCUT2D eigenvalue weighted by atomic mass is 127. The van der Waals surface area contributed by atoms with Gasteiger partial charge >= 0.3 is 0 Å². The van der Waals surface area contributed by atoms with Crippen LogP contribution in [0.25, 0.3) is 0 Å². The quantitative estimate of drug-likeness (QED) is 0.216. The Balaban J connectivity index is 0.00000320. The number of aliphatic imine (C=N–C) groups is 1. The maximum absolute atomic E-state index is 12.0. The number of nitrogens with zero attached hydrogens (tertiary/aromatic N) is 2. The first-order valence-electron chi connectivity index (χ1n) is 11.7. The fourth-order valence-corrected chi connectivity index (χ4v) is 4.67. The normalized spacial score (nSPS) is 23.8. The molecular weight excluding hydrogens is 495 g/mol. The Morgan fingerprint density at radius 2 is 1.73 bits per heavy atom. The van der Waals surface area contributed by atoms with Crippen molar-refractivity contribution < 1.29 is 14.3 Å². The Bertz CT molecular complexity index is 515. The molecule has 2 saturated heterocycles. The number of piperidine rings is 1. The van der Waals surface area contributed by atoms with Gasteiger partial charge < -0.3 is 25.0 Å². The van der Waals surface area contributed by atoms with Gasteiger partial charge in [0.15, 0.2) is 5.96 Å². The summed E-state index contributed by atoms with van der Waals surface area (Å²) in [4.78, 5) is 18.7. The third-order valence-corrected chi connectivity index (χ3v) is 6.42. The van der Waals surface area contributed by atoms with Crippen LogP contribution < -0.4 is 10.6 Å². The van der Waals surface area contributed by atoms with Crippen molar-refractivity contribution in [3.63, 3.8) is 0 Å². The molecule has 3 fully saturated rings. The molecule has 8 heteroatoms. The van der Waals surface area contributed by atoms with Gasteiger partial charge in [-0.3, -0.25) is 9.79 Å². The van der Waals surface area contributed by atoms with E-state index in [1.165, 1.54) is 38.5 Å². The molecule has 0 radical (unpaired) electrons. The zero-order valence-corrected chi connectivity index (χ0v) is 20.9.